The Labute approximate surface area is 228 Å². The number of rotatable bonds is 4. The first kappa shape index (κ1) is 23.7. The summed E-state index contributed by atoms with van der Waals surface area (Å²) in [6, 6.07) is 29.2. The molecular formula is C32H24N6O2. The second-order valence-electron chi connectivity index (χ2n) is 9.95. The fraction of sp³-hybridized carbons (Fsp3) is 0.0938. The number of hydrogen-bond acceptors (Lipinski definition) is 5. The van der Waals surface area contributed by atoms with Gasteiger partial charge in [0.05, 0.1) is 27.8 Å². The van der Waals surface area contributed by atoms with Crippen molar-refractivity contribution in [2.75, 3.05) is 5.32 Å². The van der Waals surface area contributed by atoms with Gasteiger partial charge in [-0.1, -0.05) is 72.3 Å². The predicted octanol–water partition coefficient (Wildman–Crippen LogP) is 5.67. The van der Waals surface area contributed by atoms with Crippen LogP contribution in [0.4, 0.5) is 5.69 Å². The quantitative estimate of drug-likeness (QED) is 0.320. The highest BCUT2D eigenvalue weighted by Crippen LogP contribution is 2.31. The van der Waals surface area contributed by atoms with E-state index in [0.29, 0.717) is 16.8 Å². The molecule has 0 saturated carbocycles. The number of aromatic nitrogens is 5. The lowest BCUT2D eigenvalue weighted by Gasteiger charge is -2.10. The fourth-order valence-corrected chi connectivity index (χ4v) is 5.23. The van der Waals surface area contributed by atoms with Gasteiger partial charge in [-0.25, -0.2) is 14.2 Å². The van der Waals surface area contributed by atoms with E-state index < -0.39 is 0 Å². The van der Waals surface area contributed by atoms with Gasteiger partial charge >= 0.3 is 0 Å². The van der Waals surface area contributed by atoms with Gasteiger partial charge in [-0.15, -0.1) is 0 Å². The van der Waals surface area contributed by atoms with Crippen molar-refractivity contribution < 1.29 is 4.79 Å². The highest BCUT2D eigenvalue weighted by Gasteiger charge is 2.16. The number of benzene rings is 4. The van der Waals surface area contributed by atoms with Gasteiger partial charge in [0.2, 0.25) is 5.91 Å². The molecule has 0 spiro atoms. The largest absolute Gasteiger partial charge is 0.324 e. The summed E-state index contributed by atoms with van der Waals surface area (Å²) >= 11 is 0. The van der Waals surface area contributed by atoms with E-state index in [4.69, 9.17) is 10.1 Å². The van der Waals surface area contributed by atoms with E-state index in [1.165, 1.54) is 10.2 Å². The maximum Gasteiger partial charge on any atom is 0.275 e. The monoisotopic (exact) mass is 524 g/mol. The van der Waals surface area contributed by atoms with E-state index in [2.05, 4.69) is 53.7 Å². The van der Waals surface area contributed by atoms with Gasteiger partial charge in [0.1, 0.15) is 6.54 Å². The molecule has 0 aliphatic rings. The van der Waals surface area contributed by atoms with Crippen molar-refractivity contribution in [1.29, 1.82) is 0 Å². The van der Waals surface area contributed by atoms with Crippen LogP contribution in [0.5, 0.6) is 0 Å². The molecule has 8 heteroatoms. The number of hydrogen-bond donors (Lipinski definition) is 1. The normalized spacial score (nSPS) is 11.6. The van der Waals surface area contributed by atoms with Crippen LogP contribution < -0.4 is 10.9 Å². The van der Waals surface area contributed by atoms with Crippen LogP contribution in [0.25, 0.3) is 49.5 Å². The van der Waals surface area contributed by atoms with E-state index in [9.17, 15) is 9.59 Å². The van der Waals surface area contributed by atoms with Gasteiger partial charge < -0.3 is 5.32 Å². The molecule has 1 amide bonds. The van der Waals surface area contributed by atoms with E-state index in [1.807, 2.05) is 47.8 Å². The Morgan fingerprint density at radius 3 is 2.27 bits per heavy atom. The van der Waals surface area contributed by atoms with Gasteiger partial charge in [0, 0.05) is 27.4 Å². The minimum absolute atomic E-state index is 0.198. The van der Waals surface area contributed by atoms with Crippen molar-refractivity contribution in [2.24, 2.45) is 0 Å². The number of nitrogens with zero attached hydrogens (tertiary/aromatic N) is 5. The molecule has 0 fully saturated rings. The Morgan fingerprint density at radius 2 is 1.50 bits per heavy atom. The topological polar surface area (TPSA) is 94.2 Å². The molecular weight excluding hydrogens is 500 g/mol. The molecule has 40 heavy (non-hydrogen) atoms. The zero-order valence-electron chi connectivity index (χ0n) is 21.9. The van der Waals surface area contributed by atoms with Gasteiger partial charge in [-0.05, 0) is 38.1 Å². The zero-order chi connectivity index (χ0) is 27.4. The molecule has 0 atom stereocenters. The van der Waals surface area contributed by atoms with Crippen LogP contribution in [0.3, 0.4) is 0 Å². The number of anilines is 1. The molecule has 3 heterocycles. The molecule has 3 aromatic heterocycles. The minimum Gasteiger partial charge on any atom is -0.324 e. The Morgan fingerprint density at radius 1 is 0.800 bits per heavy atom. The highest BCUT2D eigenvalue weighted by molar-refractivity contribution is 6.04. The molecule has 7 rings (SSSR count). The highest BCUT2D eigenvalue weighted by atomic mass is 16.2. The van der Waals surface area contributed by atoms with Crippen molar-refractivity contribution in [2.45, 2.75) is 20.4 Å². The number of carbonyl (C=O) groups is 1. The number of aryl methyl sites for hydroxylation is 2. The fourth-order valence-electron chi connectivity index (χ4n) is 5.23. The third kappa shape index (κ3) is 3.89. The van der Waals surface area contributed by atoms with Gasteiger partial charge in [0.25, 0.3) is 5.56 Å². The average Bonchev–Trinajstić information content (AvgIpc) is 3.34. The summed E-state index contributed by atoms with van der Waals surface area (Å²) in [4.78, 5) is 30.8. The molecule has 0 radical (unpaired) electrons. The Hall–Kier alpha value is -5.37. The van der Waals surface area contributed by atoms with Crippen molar-refractivity contribution >= 4 is 49.8 Å². The van der Waals surface area contributed by atoms with Crippen molar-refractivity contribution in [3.8, 4) is 11.3 Å². The van der Waals surface area contributed by atoms with E-state index >= 15 is 0 Å². The molecule has 7 aromatic rings. The number of carbonyl (C=O) groups excluding carboxylic acids is 1. The molecule has 0 unspecified atom stereocenters. The summed E-state index contributed by atoms with van der Waals surface area (Å²) in [5.41, 5.74) is 6.30. The first-order valence-electron chi connectivity index (χ1n) is 13.0. The van der Waals surface area contributed by atoms with Crippen LogP contribution in [0, 0.1) is 13.8 Å². The number of imidazole rings is 1. The smallest absolute Gasteiger partial charge is 0.275 e. The summed E-state index contributed by atoms with van der Waals surface area (Å²) in [6.45, 7) is 3.69. The first-order valence-corrected chi connectivity index (χ1v) is 13.0. The lowest BCUT2D eigenvalue weighted by molar-refractivity contribution is -0.117. The minimum atomic E-state index is -0.351. The summed E-state index contributed by atoms with van der Waals surface area (Å²) in [5.74, 6) is -0.351. The molecule has 8 nitrogen and oxygen atoms in total. The lowest BCUT2D eigenvalue weighted by atomic mass is 10.0. The second-order valence-corrected chi connectivity index (χ2v) is 9.95. The molecule has 0 bridgehead atoms. The summed E-state index contributed by atoms with van der Waals surface area (Å²) in [6.07, 6.45) is 0. The number of amides is 1. The Bertz CT molecular complexity index is 2180. The Kier molecular flexibility index (Phi) is 5.41. The first-order chi connectivity index (χ1) is 19.5. The third-order valence-corrected chi connectivity index (χ3v) is 7.21. The molecule has 0 aliphatic carbocycles. The van der Waals surface area contributed by atoms with Crippen LogP contribution >= 0.6 is 0 Å². The maximum absolute atomic E-state index is 13.0. The van der Waals surface area contributed by atoms with Gasteiger partial charge in [-0.3, -0.25) is 9.59 Å². The standard InChI is InChI=1S/C32H24N6O2/c1-19-11-13-21(14-12-19)30-24-8-4-5-9-25(24)31-34-27-16-15-22(17-28(27)38(31)36-30)33-29(39)18-37-32(40)26-10-6-3-7-23(26)20(2)35-37/h3-17H,18H2,1-2H3,(H,33,39). The SMILES string of the molecule is Cc1ccc(-c2nn3c4cc(NC(=O)Cn5nc(C)c6ccccc6c5=O)ccc4nc3c3ccccc23)cc1. The molecule has 194 valence electrons. The lowest BCUT2D eigenvalue weighted by Crippen LogP contribution is -2.30. The van der Waals surface area contributed by atoms with Gasteiger partial charge in [0.15, 0.2) is 5.65 Å². The second kappa shape index (κ2) is 9.13. The maximum atomic E-state index is 13.0. The molecule has 1 N–H and O–H groups in total. The van der Waals surface area contributed by atoms with E-state index in [-0.39, 0.29) is 18.0 Å². The van der Waals surface area contributed by atoms with Crippen LogP contribution in [0.1, 0.15) is 11.3 Å². The number of fused-ring (bicyclic) bond motifs is 6. The van der Waals surface area contributed by atoms with E-state index in [0.717, 1.165) is 44.1 Å². The van der Waals surface area contributed by atoms with Crippen molar-refractivity contribution in [3.05, 3.63) is 113 Å². The third-order valence-electron chi connectivity index (χ3n) is 7.21. The van der Waals surface area contributed by atoms with Crippen LogP contribution in [0.2, 0.25) is 0 Å². The average molecular weight is 525 g/mol. The zero-order valence-corrected chi connectivity index (χ0v) is 21.9. The summed E-state index contributed by atoms with van der Waals surface area (Å²) < 4.78 is 3.04. The molecule has 0 saturated heterocycles. The Balaban J connectivity index is 1.28. The van der Waals surface area contributed by atoms with Crippen molar-refractivity contribution in [3.63, 3.8) is 0 Å². The number of nitrogens with one attached hydrogen (secondary N) is 1. The summed E-state index contributed by atoms with van der Waals surface area (Å²) in [7, 11) is 0. The van der Waals surface area contributed by atoms with Crippen LogP contribution in [-0.4, -0.2) is 30.3 Å². The predicted molar refractivity (Wildman–Crippen MR) is 158 cm³/mol. The van der Waals surface area contributed by atoms with E-state index in [1.54, 1.807) is 18.2 Å². The molecule has 0 aliphatic heterocycles. The van der Waals surface area contributed by atoms with Crippen LogP contribution in [0.15, 0.2) is 95.8 Å². The van der Waals surface area contributed by atoms with Crippen LogP contribution in [-0.2, 0) is 11.3 Å². The molecule has 4 aromatic carbocycles. The van der Waals surface area contributed by atoms with Gasteiger partial charge in [-0.2, -0.15) is 10.2 Å². The van der Waals surface area contributed by atoms with Crippen molar-refractivity contribution in [1.82, 2.24) is 24.4 Å². The summed E-state index contributed by atoms with van der Waals surface area (Å²) in [5, 5.41) is 15.6.